The lowest BCUT2D eigenvalue weighted by molar-refractivity contribution is -0.131. The number of nitrogens with zero attached hydrogens (tertiary/aromatic N) is 1. The highest BCUT2D eigenvalue weighted by Crippen LogP contribution is 2.36. The molecule has 0 aliphatic rings. The molecular formula is C26H29NO5S. The Bertz CT molecular complexity index is 1180. The first kappa shape index (κ1) is 24.3. The molecule has 33 heavy (non-hydrogen) atoms. The third-order valence-electron chi connectivity index (χ3n) is 5.14. The second kappa shape index (κ2) is 10.5. The van der Waals surface area contributed by atoms with Gasteiger partial charge in [0, 0.05) is 12.1 Å². The fourth-order valence-electron chi connectivity index (χ4n) is 3.28. The molecule has 1 N–H and O–H groups in total. The van der Waals surface area contributed by atoms with Crippen molar-refractivity contribution in [2.45, 2.75) is 52.4 Å². The Morgan fingerprint density at radius 1 is 1.09 bits per heavy atom. The number of benzene rings is 2. The number of carboxylic acids is 1. The van der Waals surface area contributed by atoms with Crippen molar-refractivity contribution in [1.29, 1.82) is 0 Å². The van der Waals surface area contributed by atoms with Gasteiger partial charge in [-0.1, -0.05) is 24.3 Å². The van der Waals surface area contributed by atoms with E-state index in [0.717, 1.165) is 34.0 Å². The van der Waals surface area contributed by atoms with Crippen LogP contribution in [0.3, 0.4) is 0 Å². The van der Waals surface area contributed by atoms with Crippen molar-refractivity contribution in [2.75, 3.05) is 4.31 Å². The molecule has 1 aromatic heterocycles. The van der Waals surface area contributed by atoms with Gasteiger partial charge in [0.15, 0.2) is 11.0 Å². The standard InChI is InChI=1S/C26H29NO5S/c1-17(2)27(33(30)26-13-6-20(5)32-26)23-14-18(3)19(4)15-24(23)31-16-22-9-7-21(8-10-22)11-12-25(28)29/h6-15,17H,16H2,1-5H3,(H,28,29)/b12-11+. The van der Waals surface area contributed by atoms with Crippen LogP contribution >= 0.6 is 0 Å². The first-order chi connectivity index (χ1) is 15.7. The normalized spacial score (nSPS) is 12.3. The molecule has 1 atom stereocenters. The van der Waals surface area contributed by atoms with E-state index in [1.54, 1.807) is 22.5 Å². The van der Waals surface area contributed by atoms with E-state index in [0.29, 0.717) is 23.2 Å². The zero-order valence-electron chi connectivity index (χ0n) is 19.5. The van der Waals surface area contributed by atoms with Crippen molar-refractivity contribution in [2.24, 2.45) is 0 Å². The fourth-order valence-corrected chi connectivity index (χ4v) is 4.56. The van der Waals surface area contributed by atoms with Gasteiger partial charge < -0.3 is 14.3 Å². The Morgan fingerprint density at radius 2 is 1.76 bits per heavy atom. The Labute approximate surface area is 197 Å². The van der Waals surface area contributed by atoms with Gasteiger partial charge >= 0.3 is 5.97 Å². The van der Waals surface area contributed by atoms with Gasteiger partial charge in [-0.3, -0.25) is 4.31 Å². The van der Waals surface area contributed by atoms with Gasteiger partial charge in [-0.15, -0.1) is 0 Å². The van der Waals surface area contributed by atoms with Crippen LogP contribution in [0.25, 0.3) is 6.08 Å². The second-order valence-corrected chi connectivity index (χ2v) is 9.43. The molecule has 2 aromatic carbocycles. The van der Waals surface area contributed by atoms with Crippen LogP contribution in [0.15, 0.2) is 64.1 Å². The summed E-state index contributed by atoms with van der Waals surface area (Å²) < 4.78 is 27.1. The Balaban J connectivity index is 1.88. The van der Waals surface area contributed by atoms with E-state index in [4.69, 9.17) is 14.3 Å². The minimum Gasteiger partial charge on any atom is -0.487 e. The van der Waals surface area contributed by atoms with E-state index in [9.17, 15) is 9.00 Å². The topological polar surface area (TPSA) is 80.0 Å². The maximum absolute atomic E-state index is 13.4. The minimum atomic E-state index is -1.53. The van der Waals surface area contributed by atoms with Crippen molar-refractivity contribution in [3.8, 4) is 5.75 Å². The van der Waals surface area contributed by atoms with Crippen molar-refractivity contribution in [3.05, 3.63) is 82.6 Å². The second-order valence-electron chi connectivity index (χ2n) is 8.14. The van der Waals surface area contributed by atoms with E-state index in [2.05, 4.69) is 0 Å². The Hall–Kier alpha value is -3.32. The third kappa shape index (κ3) is 6.14. The number of anilines is 1. The zero-order chi connectivity index (χ0) is 24.1. The highest BCUT2D eigenvalue weighted by atomic mass is 32.2. The zero-order valence-corrected chi connectivity index (χ0v) is 20.3. The highest BCUT2D eigenvalue weighted by molar-refractivity contribution is 7.86. The molecule has 3 aromatic rings. The summed E-state index contributed by atoms with van der Waals surface area (Å²) in [5.74, 6) is 0.361. The Morgan fingerprint density at radius 3 is 2.33 bits per heavy atom. The average Bonchev–Trinajstić information content (AvgIpc) is 3.20. The van der Waals surface area contributed by atoms with Gasteiger partial charge in [0.2, 0.25) is 5.09 Å². The van der Waals surface area contributed by atoms with Crippen LogP contribution in [-0.2, 0) is 22.4 Å². The number of furan rings is 1. The van der Waals surface area contributed by atoms with E-state index >= 15 is 0 Å². The molecule has 6 nitrogen and oxygen atoms in total. The molecule has 1 unspecified atom stereocenters. The van der Waals surface area contributed by atoms with E-state index in [1.165, 1.54) is 0 Å². The van der Waals surface area contributed by atoms with Gasteiger partial charge in [0.05, 0.1) is 5.69 Å². The molecule has 0 radical (unpaired) electrons. The summed E-state index contributed by atoms with van der Waals surface area (Å²) in [6.07, 6.45) is 2.65. The molecule has 0 saturated carbocycles. The molecule has 0 aliphatic carbocycles. The smallest absolute Gasteiger partial charge is 0.328 e. The quantitative estimate of drug-likeness (QED) is 0.401. The summed E-state index contributed by atoms with van der Waals surface area (Å²) in [5.41, 5.74) is 4.62. The molecule has 0 amide bonds. The molecule has 3 rings (SSSR count). The summed E-state index contributed by atoms with van der Waals surface area (Å²) in [5, 5.41) is 9.16. The first-order valence-corrected chi connectivity index (χ1v) is 11.8. The summed E-state index contributed by atoms with van der Waals surface area (Å²) in [4.78, 5) is 10.7. The number of hydrogen-bond acceptors (Lipinski definition) is 4. The van der Waals surface area contributed by atoms with Crippen LogP contribution < -0.4 is 9.04 Å². The lowest BCUT2D eigenvalue weighted by Crippen LogP contribution is -2.33. The van der Waals surface area contributed by atoms with Gasteiger partial charge in [-0.05, 0) is 87.2 Å². The Kier molecular flexibility index (Phi) is 7.76. The van der Waals surface area contributed by atoms with Gasteiger partial charge in [0.1, 0.15) is 18.1 Å². The van der Waals surface area contributed by atoms with Crippen LogP contribution in [0.2, 0.25) is 0 Å². The number of carbonyl (C=O) groups is 1. The SMILES string of the molecule is Cc1ccc(S(=O)N(c2cc(C)c(C)cc2OCc2ccc(/C=C/C(=O)O)cc2)C(C)C)o1. The molecular weight excluding hydrogens is 438 g/mol. The minimum absolute atomic E-state index is 0.0685. The summed E-state index contributed by atoms with van der Waals surface area (Å²) in [6, 6.07) is 14.9. The van der Waals surface area contributed by atoms with Gasteiger partial charge in [-0.25, -0.2) is 9.00 Å². The van der Waals surface area contributed by atoms with Crippen molar-refractivity contribution >= 4 is 28.7 Å². The molecule has 0 bridgehead atoms. The predicted octanol–water partition coefficient (Wildman–Crippen LogP) is 5.82. The van der Waals surface area contributed by atoms with Crippen LogP contribution in [0.5, 0.6) is 5.75 Å². The van der Waals surface area contributed by atoms with Crippen LogP contribution in [0.4, 0.5) is 5.69 Å². The molecule has 174 valence electrons. The number of ether oxygens (including phenoxy) is 1. The average molecular weight is 468 g/mol. The summed E-state index contributed by atoms with van der Waals surface area (Å²) in [6.45, 7) is 10.1. The van der Waals surface area contributed by atoms with Crippen molar-refractivity contribution in [3.63, 3.8) is 0 Å². The number of hydrogen-bond donors (Lipinski definition) is 1. The fraction of sp³-hybridized carbons (Fsp3) is 0.269. The number of carboxylic acid groups (broad SMARTS) is 1. The van der Waals surface area contributed by atoms with E-state index in [1.807, 2.05) is 71.0 Å². The predicted molar refractivity (Wildman–Crippen MR) is 131 cm³/mol. The van der Waals surface area contributed by atoms with E-state index < -0.39 is 17.0 Å². The third-order valence-corrected chi connectivity index (χ3v) is 6.68. The lowest BCUT2D eigenvalue weighted by atomic mass is 10.1. The van der Waals surface area contributed by atoms with Crippen LogP contribution in [0.1, 0.15) is 41.9 Å². The monoisotopic (exact) mass is 467 g/mol. The highest BCUT2D eigenvalue weighted by Gasteiger charge is 2.25. The summed E-state index contributed by atoms with van der Waals surface area (Å²) in [7, 11) is -1.53. The number of aryl methyl sites for hydroxylation is 3. The van der Waals surface area contributed by atoms with Crippen LogP contribution in [-0.4, -0.2) is 21.3 Å². The molecule has 0 saturated heterocycles. The largest absolute Gasteiger partial charge is 0.487 e. The van der Waals surface area contributed by atoms with Crippen molar-refractivity contribution < 1.29 is 23.3 Å². The lowest BCUT2D eigenvalue weighted by Gasteiger charge is -2.29. The maximum atomic E-state index is 13.4. The van der Waals surface area contributed by atoms with Crippen LogP contribution in [0, 0.1) is 20.8 Å². The molecule has 0 aliphatic heterocycles. The van der Waals surface area contributed by atoms with Gasteiger partial charge in [-0.2, -0.15) is 0 Å². The molecule has 7 heteroatoms. The molecule has 0 fully saturated rings. The first-order valence-electron chi connectivity index (χ1n) is 10.7. The molecule has 0 spiro atoms. The number of rotatable bonds is 9. The summed E-state index contributed by atoms with van der Waals surface area (Å²) >= 11 is 0. The van der Waals surface area contributed by atoms with Gasteiger partial charge in [0.25, 0.3) is 0 Å². The number of aliphatic carboxylic acids is 1. The van der Waals surface area contributed by atoms with Crippen molar-refractivity contribution in [1.82, 2.24) is 0 Å². The maximum Gasteiger partial charge on any atom is 0.328 e. The molecule has 1 heterocycles. The van der Waals surface area contributed by atoms with E-state index in [-0.39, 0.29) is 6.04 Å².